The third-order valence-electron chi connectivity index (χ3n) is 1.76. The van der Waals surface area contributed by atoms with Crippen LogP contribution >= 0.6 is 23.2 Å². The summed E-state index contributed by atoms with van der Waals surface area (Å²) in [5.74, 6) is 0.633. The van der Waals surface area contributed by atoms with Crippen LogP contribution in [-0.2, 0) is 4.74 Å². The second-order valence-electron chi connectivity index (χ2n) is 3.19. The van der Waals surface area contributed by atoms with Crippen LogP contribution in [0, 0.1) is 0 Å². The lowest BCUT2D eigenvalue weighted by Crippen LogP contribution is -2.22. The largest absolute Gasteiger partial charge is 0.380 e. The summed E-state index contributed by atoms with van der Waals surface area (Å²) < 4.78 is 5.27. The van der Waals surface area contributed by atoms with E-state index in [1.165, 1.54) is 0 Å². The van der Waals surface area contributed by atoms with Crippen molar-refractivity contribution in [3.8, 4) is 0 Å². The molecule has 0 saturated heterocycles. The van der Waals surface area contributed by atoms with E-state index in [0.717, 1.165) is 0 Å². The van der Waals surface area contributed by atoms with E-state index in [2.05, 4.69) is 10.3 Å². The van der Waals surface area contributed by atoms with Gasteiger partial charge in [0.1, 0.15) is 5.82 Å². The first-order valence-electron chi connectivity index (χ1n) is 4.78. The smallest absolute Gasteiger partial charge is 0.145 e. The van der Waals surface area contributed by atoms with Crippen LogP contribution in [0.4, 0.5) is 5.82 Å². The average molecular weight is 249 g/mol. The molecule has 0 aromatic carbocycles. The molecule has 1 rings (SSSR count). The fraction of sp³-hybridized carbons (Fsp3) is 0.500. The summed E-state index contributed by atoms with van der Waals surface area (Å²) in [7, 11) is 0. The lowest BCUT2D eigenvalue weighted by atomic mass is 10.3. The second-order valence-corrected chi connectivity index (χ2v) is 4.03. The van der Waals surface area contributed by atoms with Crippen LogP contribution < -0.4 is 5.32 Å². The lowest BCUT2D eigenvalue weighted by Gasteiger charge is -2.15. The highest BCUT2D eigenvalue weighted by atomic mass is 35.5. The number of halogens is 2. The molecule has 1 aromatic rings. The Kier molecular flexibility index (Phi) is 5.15. The first kappa shape index (κ1) is 12.6. The summed E-state index contributed by atoms with van der Waals surface area (Å²) in [6, 6.07) is 1.82. The fourth-order valence-corrected chi connectivity index (χ4v) is 1.53. The molecule has 1 N–H and O–H groups in total. The third-order valence-corrected chi connectivity index (χ3v) is 2.26. The molecule has 1 aromatic heterocycles. The van der Waals surface area contributed by atoms with Gasteiger partial charge >= 0.3 is 0 Å². The van der Waals surface area contributed by atoms with Gasteiger partial charge in [-0.15, -0.1) is 0 Å². The van der Waals surface area contributed by atoms with Crippen molar-refractivity contribution in [2.75, 3.05) is 18.5 Å². The molecular weight excluding hydrogens is 235 g/mol. The van der Waals surface area contributed by atoms with E-state index in [-0.39, 0.29) is 6.04 Å². The number of nitrogens with zero attached hydrogens (tertiary/aromatic N) is 1. The van der Waals surface area contributed by atoms with Gasteiger partial charge in [-0.1, -0.05) is 23.2 Å². The Morgan fingerprint density at radius 2 is 2.27 bits per heavy atom. The normalized spacial score (nSPS) is 12.5. The molecule has 1 heterocycles. The fourth-order valence-electron chi connectivity index (χ4n) is 1.09. The SMILES string of the molecule is CCOCC(C)Nc1ncc(Cl)cc1Cl. The first-order valence-corrected chi connectivity index (χ1v) is 5.54. The van der Waals surface area contributed by atoms with Gasteiger partial charge in [-0.3, -0.25) is 0 Å². The van der Waals surface area contributed by atoms with Crippen molar-refractivity contribution in [3.05, 3.63) is 22.3 Å². The Morgan fingerprint density at radius 1 is 1.53 bits per heavy atom. The second kappa shape index (κ2) is 6.16. The minimum atomic E-state index is 0.163. The van der Waals surface area contributed by atoms with Crippen molar-refractivity contribution in [2.24, 2.45) is 0 Å². The van der Waals surface area contributed by atoms with Gasteiger partial charge in [0.25, 0.3) is 0 Å². The lowest BCUT2D eigenvalue weighted by molar-refractivity contribution is 0.141. The number of ether oxygens (including phenoxy) is 1. The summed E-state index contributed by atoms with van der Waals surface area (Å²) in [5.41, 5.74) is 0. The molecule has 0 aliphatic heterocycles. The van der Waals surface area contributed by atoms with Crippen molar-refractivity contribution >= 4 is 29.0 Å². The molecule has 0 bridgehead atoms. The Bertz CT molecular complexity index is 320. The monoisotopic (exact) mass is 248 g/mol. The Labute approximate surface area is 99.7 Å². The van der Waals surface area contributed by atoms with Crippen LogP contribution in [-0.4, -0.2) is 24.2 Å². The molecule has 0 fully saturated rings. The summed E-state index contributed by atoms with van der Waals surface area (Å²) in [4.78, 5) is 4.10. The van der Waals surface area contributed by atoms with Gasteiger partial charge in [0.2, 0.25) is 0 Å². The molecule has 15 heavy (non-hydrogen) atoms. The third kappa shape index (κ3) is 4.24. The molecule has 0 saturated carbocycles. The molecular formula is C10H14Cl2N2O. The number of anilines is 1. The zero-order valence-electron chi connectivity index (χ0n) is 8.76. The van der Waals surface area contributed by atoms with Crippen molar-refractivity contribution in [2.45, 2.75) is 19.9 Å². The summed E-state index contributed by atoms with van der Waals surface area (Å²) >= 11 is 11.7. The molecule has 1 unspecified atom stereocenters. The maximum atomic E-state index is 5.96. The molecule has 0 spiro atoms. The van der Waals surface area contributed by atoms with Crippen LogP contribution in [0.1, 0.15) is 13.8 Å². The van der Waals surface area contributed by atoms with Crippen LogP contribution in [0.25, 0.3) is 0 Å². The van der Waals surface area contributed by atoms with Crippen molar-refractivity contribution in [1.82, 2.24) is 4.98 Å². The Hall–Kier alpha value is -0.510. The highest BCUT2D eigenvalue weighted by Gasteiger charge is 2.06. The summed E-state index contributed by atoms with van der Waals surface area (Å²) in [6.07, 6.45) is 1.56. The molecule has 0 amide bonds. The van der Waals surface area contributed by atoms with Gasteiger partial charge in [-0.05, 0) is 19.9 Å². The topological polar surface area (TPSA) is 34.1 Å². The van der Waals surface area contributed by atoms with Gasteiger partial charge in [0.05, 0.1) is 16.7 Å². The van der Waals surface area contributed by atoms with Gasteiger partial charge in [0, 0.05) is 18.8 Å². The van der Waals surface area contributed by atoms with Gasteiger partial charge < -0.3 is 10.1 Å². The van der Waals surface area contributed by atoms with Crippen LogP contribution in [0.3, 0.4) is 0 Å². The number of hydrogen-bond donors (Lipinski definition) is 1. The predicted octanol–water partition coefficient (Wildman–Crippen LogP) is 3.23. The highest BCUT2D eigenvalue weighted by molar-refractivity contribution is 6.35. The zero-order chi connectivity index (χ0) is 11.3. The van der Waals surface area contributed by atoms with Crippen LogP contribution in [0.15, 0.2) is 12.3 Å². The molecule has 0 aliphatic rings. The molecule has 3 nitrogen and oxygen atoms in total. The molecule has 5 heteroatoms. The quantitative estimate of drug-likeness (QED) is 0.869. The number of pyridine rings is 1. The van der Waals surface area contributed by atoms with E-state index in [1.807, 2.05) is 13.8 Å². The molecule has 1 atom stereocenters. The van der Waals surface area contributed by atoms with E-state index < -0.39 is 0 Å². The van der Waals surface area contributed by atoms with E-state index in [9.17, 15) is 0 Å². The maximum absolute atomic E-state index is 5.96. The molecule has 0 aliphatic carbocycles. The van der Waals surface area contributed by atoms with Crippen LogP contribution in [0.5, 0.6) is 0 Å². The van der Waals surface area contributed by atoms with Crippen molar-refractivity contribution < 1.29 is 4.74 Å². The molecule has 0 radical (unpaired) electrons. The first-order chi connectivity index (χ1) is 7.13. The van der Waals surface area contributed by atoms with E-state index in [1.54, 1.807) is 12.3 Å². The van der Waals surface area contributed by atoms with E-state index in [4.69, 9.17) is 27.9 Å². The predicted molar refractivity (Wildman–Crippen MR) is 63.8 cm³/mol. The van der Waals surface area contributed by atoms with Gasteiger partial charge in [0.15, 0.2) is 0 Å². The zero-order valence-corrected chi connectivity index (χ0v) is 10.3. The standard InChI is InChI=1S/C10H14Cl2N2O/c1-3-15-6-7(2)14-10-9(12)4-8(11)5-13-10/h4-5,7H,3,6H2,1-2H3,(H,13,14). The van der Waals surface area contributed by atoms with E-state index >= 15 is 0 Å². The van der Waals surface area contributed by atoms with Crippen molar-refractivity contribution in [1.29, 1.82) is 0 Å². The Balaban J connectivity index is 2.56. The maximum Gasteiger partial charge on any atom is 0.145 e. The Morgan fingerprint density at radius 3 is 2.87 bits per heavy atom. The van der Waals surface area contributed by atoms with Gasteiger partial charge in [-0.25, -0.2) is 4.98 Å². The number of nitrogens with one attached hydrogen (secondary N) is 1. The number of hydrogen-bond acceptors (Lipinski definition) is 3. The highest BCUT2D eigenvalue weighted by Crippen LogP contribution is 2.22. The minimum absolute atomic E-state index is 0.163. The van der Waals surface area contributed by atoms with E-state index in [0.29, 0.717) is 29.1 Å². The summed E-state index contributed by atoms with van der Waals surface area (Å²) in [5, 5.41) is 4.20. The van der Waals surface area contributed by atoms with Crippen molar-refractivity contribution in [3.63, 3.8) is 0 Å². The number of aromatic nitrogens is 1. The minimum Gasteiger partial charge on any atom is -0.380 e. The number of rotatable bonds is 5. The van der Waals surface area contributed by atoms with Gasteiger partial charge in [-0.2, -0.15) is 0 Å². The van der Waals surface area contributed by atoms with Crippen LogP contribution in [0.2, 0.25) is 10.0 Å². The molecule has 84 valence electrons. The summed E-state index contributed by atoms with van der Waals surface area (Å²) in [6.45, 7) is 5.29. The average Bonchev–Trinajstić information content (AvgIpc) is 2.19.